The molecule has 9 nitrogen and oxygen atoms in total. The summed E-state index contributed by atoms with van der Waals surface area (Å²) in [6, 6.07) is 33.6. The summed E-state index contributed by atoms with van der Waals surface area (Å²) in [5.41, 5.74) is 2.20. The summed E-state index contributed by atoms with van der Waals surface area (Å²) in [6.07, 6.45) is 3.00. The number of carbonyl (C=O) groups excluding carboxylic acids is 3. The van der Waals surface area contributed by atoms with Gasteiger partial charge in [0.25, 0.3) is 11.8 Å². The van der Waals surface area contributed by atoms with E-state index in [1.54, 1.807) is 84.9 Å². The average Bonchev–Trinajstić information content (AvgIpc) is 3.12. The molecule has 242 valence electrons. The Bertz CT molecular complexity index is 1900. The van der Waals surface area contributed by atoms with Gasteiger partial charge in [-0.3, -0.25) is 14.4 Å². The van der Waals surface area contributed by atoms with Crippen molar-refractivity contribution in [2.24, 2.45) is 0 Å². The number of rotatable bonds is 12. The zero-order valence-corrected chi connectivity index (χ0v) is 27.5. The maximum atomic E-state index is 13.6. The Morgan fingerprint density at radius 2 is 1.50 bits per heavy atom. The van der Waals surface area contributed by atoms with Crippen LogP contribution < -0.4 is 25.4 Å². The largest absolute Gasteiger partial charge is 0.493 e. The van der Waals surface area contributed by atoms with Gasteiger partial charge in [0.1, 0.15) is 16.8 Å². The van der Waals surface area contributed by atoms with E-state index in [2.05, 4.69) is 20.9 Å². The molecule has 0 aliphatic rings. The molecule has 1 aromatic heterocycles. The van der Waals surface area contributed by atoms with Gasteiger partial charge in [0.15, 0.2) is 11.5 Å². The van der Waals surface area contributed by atoms with Crippen LogP contribution in [0.3, 0.4) is 0 Å². The third-order valence-electron chi connectivity index (χ3n) is 6.95. The highest BCUT2D eigenvalue weighted by Crippen LogP contribution is 2.37. The molecule has 0 radical (unpaired) electrons. The maximum absolute atomic E-state index is 13.6. The molecule has 0 fully saturated rings. The number of hydrogen-bond acceptors (Lipinski definition) is 7. The van der Waals surface area contributed by atoms with Gasteiger partial charge in [-0.25, -0.2) is 4.98 Å². The smallest absolute Gasteiger partial charge is 0.272 e. The number of nitrogens with zero attached hydrogens (tertiary/aromatic N) is 1. The third-order valence-corrected chi connectivity index (χ3v) is 8.44. The maximum Gasteiger partial charge on any atom is 0.272 e. The standard InChI is InChI=1S/C37H31ClN4O5S/c1-46-31-15-9-14-26(33(31)47-2)22-30(41-35(43)25-12-7-4-8-13-25)36(44)40-28-17-19-29(20-18-28)48-34(24-10-5-3-6-11-24)37(45)42-32-21-16-27(38)23-39-32/h3-23,34H,1-2H3,(H,40,44)(H,41,43)(H,39,42,45)/b30-22-. The number of methoxy groups -OCH3 is 2. The topological polar surface area (TPSA) is 119 Å². The van der Waals surface area contributed by atoms with Crippen molar-refractivity contribution >= 4 is 58.7 Å². The van der Waals surface area contributed by atoms with Crippen LogP contribution in [0, 0.1) is 0 Å². The second kappa shape index (κ2) is 16.3. The zero-order valence-electron chi connectivity index (χ0n) is 26.0. The Balaban J connectivity index is 1.36. The fourth-order valence-corrected chi connectivity index (χ4v) is 5.75. The molecule has 0 saturated heterocycles. The van der Waals surface area contributed by atoms with Crippen LogP contribution in [-0.4, -0.2) is 36.9 Å². The van der Waals surface area contributed by atoms with Gasteiger partial charge in [-0.2, -0.15) is 0 Å². The minimum atomic E-state index is -0.593. The van der Waals surface area contributed by atoms with Crippen molar-refractivity contribution in [3.05, 3.63) is 149 Å². The molecule has 1 unspecified atom stereocenters. The Morgan fingerprint density at radius 3 is 2.15 bits per heavy atom. The SMILES string of the molecule is COc1cccc(/C=C(\NC(=O)c2ccccc2)C(=O)Nc2ccc(SC(C(=O)Nc3ccc(Cl)cn3)c3ccccc3)cc2)c1OC. The van der Waals surface area contributed by atoms with Crippen molar-refractivity contribution in [3.8, 4) is 11.5 Å². The first-order chi connectivity index (χ1) is 23.3. The van der Waals surface area contributed by atoms with Gasteiger partial charge in [0.2, 0.25) is 5.91 Å². The van der Waals surface area contributed by atoms with Crippen molar-refractivity contribution in [1.29, 1.82) is 0 Å². The highest BCUT2D eigenvalue weighted by Gasteiger charge is 2.23. The number of amides is 3. The number of ether oxygens (including phenoxy) is 2. The minimum absolute atomic E-state index is 0.00882. The Kier molecular flexibility index (Phi) is 11.5. The lowest BCUT2D eigenvalue weighted by atomic mass is 10.1. The highest BCUT2D eigenvalue weighted by atomic mass is 35.5. The molecule has 48 heavy (non-hydrogen) atoms. The number of halogens is 1. The summed E-state index contributed by atoms with van der Waals surface area (Å²) in [7, 11) is 3.01. The molecule has 0 bridgehead atoms. The van der Waals surface area contributed by atoms with Gasteiger partial charge in [-0.05, 0) is 66.2 Å². The van der Waals surface area contributed by atoms with E-state index >= 15 is 0 Å². The van der Waals surface area contributed by atoms with Crippen LogP contribution in [0.25, 0.3) is 6.08 Å². The van der Waals surface area contributed by atoms with Crippen molar-refractivity contribution in [2.75, 3.05) is 24.9 Å². The molecule has 5 rings (SSSR count). The second-order valence-electron chi connectivity index (χ2n) is 10.2. The van der Waals surface area contributed by atoms with Crippen molar-refractivity contribution in [2.45, 2.75) is 10.1 Å². The van der Waals surface area contributed by atoms with Crippen molar-refractivity contribution < 1.29 is 23.9 Å². The zero-order chi connectivity index (χ0) is 33.9. The lowest BCUT2D eigenvalue weighted by Gasteiger charge is -2.17. The summed E-state index contributed by atoms with van der Waals surface area (Å²) in [5, 5.41) is 8.32. The number of thioether (sulfide) groups is 1. The van der Waals surface area contributed by atoms with E-state index in [4.69, 9.17) is 21.1 Å². The normalized spacial score (nSPS) is 11.6. The van der Waals surface area contributed by atoms with E-state index in [1.165, 1.54) is 38.3 Å². The molecule has 0 aliphatic carbocycles. The van der Waals surface area contributed by atoms with Gasteiger partial charge in [0.05, 0.1) is 19.2 Å². The van der Waals surface area contributed by atoms with Gasteiger partial charge >= 0.3 is 0 Å². The summed E-state index contributed by atoms with van der Waals surface area (Å²) in [6.45, 7) is 0. The molecule has 0 spiro atoms. The Labute approximate surface area is 287 Å². The monoisotopic (exact) mass is 678 g/mol. The molecular formula is C37H31ClN4O5S. The van der Waals surface area contributed by atoms with Crippen molar-refractivity contribution in [3.63, 3.8) is 0 Å². The molecule has 3 amide bonds. The first-order valence-corrected chi connectivity index (χ1v) is 15.9. The van der Waals surface area contributed by atoms with Gasteiger partial charge in [-0.15, -0.1) is 11.8 Å². The molecule has 4 aromatic carbocycles. The van der Waals surface area contributed by atoms with Crippen LogP contribution in [0.5, 0.6) is 11.5 Å². The van der Waals surface area contributed by atoms with E-state index < -0.39 is 17.1 Å². The number of benzene rings is 4. The fraction of sp³-hybridized carbons (Fsp3) is 0.0811. The summed E-state index contributed by atoms with van der Waals surface area (Å²) in [5.74, 6) is 0.00479. The number of anilines is 2. The van der Waals surface area contributed by atoms with Crippen LogP contribution in [0.4, 0.5) is 11.5 Å². The molecule has 5 aromatic rings. The second-order valence-corrected chi connectivity index (χ2v) is 11.8. The van der Waals surface area contributed by atoms with Gasteiger partial charge in [-0.1, -0.05) is 72.3 Å². The molecular weight excluding hydrogens is 648 g/mol. The lowest BCUT2D eigenvalue weighted by Crippen LogP contribution is -2.30. The van der Waals surface area contributed by atoms with E-state index in [9.17, 15) is 14.4 Å². The molecule has 1 heterocycles. The van der Waals surface area contributed by atoms with Crippen LogP contribution in [0.2, 0.25) is 5.02 Å². The van der Waals surface area contributed by atoms with Crippen LogP contribution in [0.15, 0.2) is 132 Å². The fourth-order valence-electron chi connectivity index (χ4n) is 4.62. The predicted octanol–water partition coefficient (Wildman–Crippen LogP) is 7.63. The molecule has 1 atom stereocenters. The number of hydrogen-bond donors (Lipinski definition) is 3. The van der Waals surface area contributed by atoms with E-state index in [0.717, 1.165) is 10.5 Å². The van der Waals surface area contributed by atoms with Crippen LogP contribution >= 0.6 is 23.4 Å². The molecule has 11 heteroatoms. The van der Waals surface area contributed by atoms with Gasteiger partial charge < -0.3 is 25.4 Å². The Hall–Kier alpha value is -5.58. The van der Waals surface area contributed by atoms with Crippen molar-refractivity contribution in [1.82, 2.24) is 10.3 Å². The molecule has 0 aliphatic heterocycles. The number of nitrogens with one attached hydrogen (secondary N) is 3. The van der Waals surface area contributed by atoms with Gasteiger partial charge in [0, 0.05) is 27.9 Å². The first kappa shape index (κ1) is 33.8. The third kappa shape index (κ3) is 8.81. The number of carbonyl (C=O) groups is 3. The summed E-state index contributed by atoms with van der Waals surface area (Å²) < 4.78 is 10.9. The highest BCUT2D eigenvalue weighted by molar-refractivity contribution is 8.00. The molecule has 3 N–H and O–H groups in total. The quantitative estimate of drug-likeness (QED) is 0.0917. The lowest BCUT2D eigenvalue weighted by molar-refractivity contribution is -0.116. The average molecular weight is 679 g/mol. The summed E-state index contributed by atoms with van der Waals surface area (Å²) >= 11 is 7.29. The Morgan fingerprint density at radius 1 is 0.792 bits per heavy atom. The van der Waals surface area contributed by atoms with Crippen LogP contribution in [-0.2, 0) is 9.59 Å². The van der Waals surface area contributed by atoms with E-state index in [-0.39, 0.29) is 11.6 Å². The number of pyridine rings is 1. The number of para-hydroxylation sites is 1. The predicted molar refractivity (Wildman–Crippen MR) is 189 cm³/mol. The van der Waals surface area contributed by atoms with E-state index in [1.807, 2.05) is 30.3 Å². The first-order valence-electron chi connectivity index (χ1n) is 14.7. The van der Waals surface area contributed by atoms with Crippen LogP contribution in [0.1, 0.15) is 26.7 Å². The number of aromatic nitrogens is 1. The molecule has 0 saturated carbocycles. The van der Waals surface area contributed by atoms with E-state index in [0.29, 0.717) is 39.2 Å². The minimum Gasteiger partial charge on any atom is -0.493 e. The summed E-state index contributed by atoms with van der Waals surface area (Å²) in [4.78, 5) is 45.1.